The van der Waals surface area contributed by atoms with E-state index in [1.807, 2.05) is 6.07 Å². The fourth-order valence-electron chi connectivity index (χ4n) is 6.62. The SMILES string of the molecule is CC(CC(=O)OCOc1ccc2c(c1)[C@]13CCCC[C@@H]1[C@H](C2)NCC3)CC(C)(C)C.O=CC(F)(F)F. The molecule has 2 bridgehead atoms. The lowest BCUT2D eigenvalue weighted by Gasteiger charge is -2.56. The third kappa shape index (κ3) is 7.46. The third-order valence-corrected chi connectivity index (χ3v) is 7.67. The first-order chi connectivity index (χ1) is 16.8. The highest BCUT2D eigenvalue weighted by atomic mass is 19.4. The minimum atomic E-state index is -4.64. The largest absolute Gasteiger partial charge is 0.457 e. The average Bonchev–Trinajstić information content (AvgIpc) is 2.78. The number of ether oxygens (including phenoxy) is 2. The minimum absolute atomic E-state index is 0.000463. The molecule has 2 aliphatic carbocycles. The van der Waals surface area contributed by atoms with Gasteiger partial charge in [-0.1, -0.05) is 46.6 Å². The van der Waals surface area contributed by atoms with Crippen molar-refractivity contribution in [3.05, 3.63) is 29.3 Å². The van der Waals surface area contributed by atoms with Gasteiger partial charge in [0, 0.05) is 17.9 Å². The van der Waals surface area contributed by atoms with E-state index >= 15 is 0 Å². The van der Waals surface area contributed by atoms with Crippen molar-refractivity contribution in [3.8, 4) is 5.75 Å². The first-order valence-corrected chi connectivity index (χ1v) is 13.0. The number of piperidine rings is 1. The van der Waals surface area contributed by atoms with Crippen LogP contribution in [0.15, 0.2) is 18.2 Å². The fraction of sp³-hybridized carbons (Fsp3) is 0.714. The summed E-state index contributed by atoms with van der Waals surface area (Å²) >= 11 is 0. The van der Waals surface area contributed by atoms with Gasteiger partial charge in [0.2, 0.25) is 13.1 Å². The number of halogens is 3. The Morgan fingerprint density at radius 2 is 1.94 bits per heavy atom. The normalized spacial score (nSPS) is 25.9. The fourth-order valence-corrected chi connectivity index (χ4v) is 6.62. The van der Waals surface area contributed by atoms with Crippen molar-refractivity contribution in [1.82, 2.24) is 5.32 Å². The number of alkyl halides is 3. The smallest absolute Gasteiger partial charge is 0.446 e. The van der Waals surface area contributed by atoms with Crippen LogP contribution in [0.4, 0.5) is 13.2 Å². The van der Waals surface area contributed by atoms with Gasteiger partial charge >= 0.3 is 12.1 Å². The van der Waals surface area contributed by atoms with Crippen LogP contribution in [0, 0.1) is 17.3 Å². The van der Waals surface area contributed by atoms with Crippen molar-refractivity contribution in [3.63, 3.8) is 0 Å². The highest BCUT2D eigenvalue weighted by Crippen LogP contribution is 2.54. The van der Waals surface area contributed by atoms with Crippen molar-refractivity contribution in [2.45, 2.75) is 96.7 Å². The zero-order valence-electron chi connectivity index (χ0n) is 21.9. The molecule has 1 aromatic carbocycles. The topological polar surface area (TPSA) is 64.6 Å². The zero-order chi connectivity index (χ0) is 26.6. The predicted octanol–water partition coefficient (Wildman–Crippen LogP) is 6.12. The lowest BCUT2D eigenvalue weighted by molar-refractivity contribution is -0.156. The molecule has 3 aliphatic rings. The second kappa shape index (κ2) is 11.5. The Labute approximate surface area is 212 Å². The predicted molar refractivity (Wildman–Crippen MR) is 132 cm³/mol. The van der Waals surface area contributed by atoms with Gasteiger partial charge in [-0.3, -0.25) is 9.59 Å². The molecule has 2 fully saturated rings. The average molecular weight is 512 g/mol. The summed E-state index contributed by atoms with van der Waals surface area (Å²) in [5.74, 6) is 1.73. The summed E-state index contributed by atoms with van der Waals surface area (Å²) in [6.45, 7) is 9.85. The quantitative estimate of drug-likeness (QED) is 0.283. The number of carbonyl (C=O) groups is 2. The lowest BCUT2D eigenvalue weighted by atomic mass is 9.53. The maximum atomic E-state index is 12.2. The van der Waals surface area contributed by atoms with Gasteiger partial charge in [-0.05, 0) is 79.2 Å². The van der Waals surface area contributed by atoms with Crippen LogP contribution < -0.4 is 10.1 Å². The standard InChI is InChI=1S/C26H39NO3.C2HF3O/c1-18(16-25(2,3)4)13-24(28)30-17-29-20-9-8-19-14-23-21-7-5-6-10-26(21,11-12-27-23)22(19)15-20;3-2(4,5)1-6/h8-9,15,18,21,23,27H,5-7,10-14,16-17H2,1-4H3;1H/t18?,21-,23+,26+;/m1./s1. The van der Waals surface area contributed by atoms with E-state index in [9.17, 15) is 18.0 Å². The molecule has 36 heavy (non-hydrogen) atoms. The molecule has 1 heterocycles. The molecule has 4 rings (SSSR count). The third-order valence-electron chi connectivity index (χ3n) is 7.67. The molecule has 0 amide bonds. The van der Waals surface area contributed by atoms with Crippen LogP contribution in [-0.4, -0.2) is 37.8 Å². The monoisotopic (exact) mass is 511 g/mol. The number of carbonyl (C=O) groups excluding carboxylic acids is 2. The van der Waals surface area contributed by atoms with Gasteiger partial charge in [-0.15, -0.1) is 0 Å². The Hall–Kier alpha value is -2.09. The summed E-state index contributed by atoms with van der Waals surface area (Å²) in [6, 6.07) is 7.18. The number of aldehydes is 1. The Morgan fingerprint density at radius 1 is 1.22 bits per heavy atom. The first kappa shape index (κ1) is 28.5. The van der Waals surface area contributed by atoms with Crippen LogP contribution >= 0.6 is 0 Å². The lowest BCUT2D eigenvalue weighted by Crippen LogP contribution is -2.59. The first-order valence-electron chi connectivity index (χ1n) is 13.0. The minimum Gasteiger partial charge on any atom is -0.457 e. The van der Waals surface area contributed by atoms with Crippen LogP contribution in [0.3, 0.4) is 0 Å². The summed E-state index contributed by atoms with van der Waals surface area (Å²) in [7, 11) is 0. The van der Waals surface area contributed by atoms with E-state index in [1.165, 1.54) is 43.2 Å². The summed E-state index contributed by atoms with van der Waals surface area (Å²) in [5.41, 5.74) is 3.53. The van der Waals surface area contributed by atoms with Gasteiger partial charge in [0.05, 0.1) is 0 Å². The zero-order valence-corrected chi connectivity index (χ0v) is 21.9. The molecule has 0 radical (unpaired) electrons. The highest BCUT2D eigenvalue weighted by molar-refractivity contribution is 5.69. The van der Waals surface area contributed by atoms with Gasteiger partial charge < -0.3 is 14.8 Å². The molecule has 1 unspecified atom stereocenters. The summed E-state index contributed by atoms with van der Waals surface area (Å²) in [5, 5.41) is 3.79. The summed E-state index contributed by atoms with van der Waals surface area (Å²) < 4.78 is 42.5. The number of esters is 1. The van der Waals surface area contributed by atoms with Crippen LogP contribution in [0.2, 0.25) is 0 Å². The summed E-state index contributed by atoms with van der Waals surface area (Å²) in [4.78, 5) is 20.9. The van der Waals surface area contributed by atoms with Crippen molar-refractivity contribution in [2.24, 2.45) is 17.3 Å². The molecular formula is C28H40F3NO4. The van der Waals surface area contributed by atoms with Gasteiger partial charge in [-0.25, -0.2) is 0 Å². The summed E-state index contributed by atoms with van der Waals surface area (Å²) in [6.07, 6.45) is 3.44. The molecule has 202 valence electrons. The number of benzene rings is 1. The van der Waals surface area contributed by atoms with Gasteiger partial charge in [0.1, 0.15) is 5.75 Å². The highest BCUT2D eigenvalue weighted by Gasteiger charge is 2.51. The van der Waals surface area contributed by atoms with Crippen LogP contribution in [-0.2, 0) is 26.2 Å². The molecule has 1 saturated heterocycles. The van der Waals surface area contributed by atoms with E-state index in [-0.39, 0.29) is 18.2 Å². The van der Waals surface area contributed by atoms with Crippen LogP contribution in [0.1, 0.15) is 83.8 Å². The Kier molecular flexibility index (Phi) is 9.12. The molecule has 1 saturated carbocycles. The number of nitrogens with one attached hydrogen (secondary N) is 1. The maximum Gasteiger partial charge on any atom is 0.446 e. The molecule has 1 aromatic rings. The number of rotatable bonds is 6. The molecule has 0 spiro atoms. The number of hydrogen-bond donors (Lipinski definition) is 1. The Morgan fingerprint density at radius 3 is 2.61 bits per heavy atom. The van der Waals surface area contributed by atoms with E-state index in [4.69, 9.17) is 14.3 Å². The Balaban J connectivity index is 0.000000538. The van der Waals surface area contributed by atoms with Crippen molar-refractivity contribution >= 4 is 12.3 Å². The van der Waals surface area contributed by atoms with E-state index in [1.54, 1.807) is 0 Å². The molecule has 8 heteroatoms. The van der Waals surface area contributed by atoms with Crippen molar-refractivity contribution < 1.29 is 32.2 Å². The molecule has 1 aliphatic heterocycles. The molecule has 1 N–H and O–H groups in total. The van der Waals surface area contributed by atoms with Crippen LogP contribution in [0.25, 0.3) is 0 Å². The number of hydrogen-bond acceptors (Lipinski definition) is 5. The van der Waals surface area contributed by atoms with E-state index in [0.717, 1.165) is 31.1 Å². The van der Waals surface area contributed by atoms with Crippen molar-refractivity contribution in [2.75, 3.05) is 13.3 Å². The van der Waals surface area contributed by atoms with Crippen LogP contribution in [0.5, 0.6) is 5.75 Å². The van der Waals surface area contributed by atoms with E-state index in [0.29, 0.717) is 23.8 Å². The van der Waals surface area contributed by atoms with Gasteiger partial charge in [0.25, 0.3) is 0 Å². The van der Waals surface area contributed by atoms with Gasteiger partial charge in [-0.2, -0.15) is 13.2 Å². The Bertz CT molecular complexity index is 907. The van der Waals surface area contributed by atoms with E-state index in [2.05, 4.69) is 45.1 Å². The van der Waals surface area contributed by atoms with E-state index < -0.39 is 12.5 Å². The van der Waals surface area contributed by atoms with Crippen molar-refractivity contribution in [1.29, 1.82) is 0 Å². The maximum absolute atomic E-state index is 12.2. The second-order valence-electron chi connectivity index (χ2n) is 11.9. The molecule has 4 atom stereocenters. The molecule has 5 nitrogen and oxygen atoms in total. The molecule has 0 aromatic heterocycles. The molecular weight excluding hydrogens is 471 g/mol. The van der Waals surface area contributed by atoms with Gasteiger partial charge in [0.15, 0.2) is 0 Å². The number of fused-ring (bicyclic) bond motifs is 1. The second-order valence-corrected chi connectivity index (χ2v) is 11.9.